The van der Waals surface area contributed by atoms with Gasteiger partial charge in [0.2, 0.25) is 0 Å². The van der Waals surface area contributed by atoms with E-state index in [1.807, 2.05) is 13.0 Å². The van der Waals surface area contributed by atoms with E-state index in [9.17, 15) is 8.42 Å². The van der Waals surface area contributed by atoms with Crippen molar-refractivity contribution in [3.63, 3.8) is 0 Å². The van der Waals surface area contributed by atoms with E-state index in [0.717, 1.165) is 5.56 Å². The van der Waals surface area contributed by atoms with Gasteiger partial charge in [0.25, 0.3) is 10.0 Å². The molecule has 0 unspecified atom stereocenters. The molecule has 0 bridgehead atoms. The molecule has 0 aliphatic heterocycles. The minimum absolute atomic E-state index is 0.180. The average molecular weight is 406 g/mol. The maximum absolute atomic E-state index is 12.4. The van der Waals surface area contributed by atoms with Crippen molar-refractivity contribution in [3.8, 4) is 0 Å². The molecule has 0 saturated heterocycles. The van der Waals surface area contributed by atoms with Crippen LogP contribution < -0.4 is 4.83 Å². The minimum Gasteiger partial charge on any atom is -0.200 e. The zero-order chi connectivity index (χ0) is 18.1. The second-order valence-corrected chi connectivity index (χ2v) is 8.08. The Morgan fingerprint density at radius 1 is 1.04 bits per heavy atom. The molecule has 0 spiro atoms. The van der Waals surface area contributed by atoms with E-state index in [4.69, 9.17) is 34.8 Å². The molecule has 0 aromatic heterocycles. The smallest absolute Gasteiger partial charge is 0.200 e. The van der Waals surface area contributed by atoms with Crippen molar-refractivity contribution in [2.75, 3.05) is 0 Å². The van der Waals surface area contributed by atoms with Crippen LogP contribution in [0.5, 0.6) is 0 Å². The third-order valence-electron chi connectivity index (χ3n) is 3.39. The van der Waals surface area contributed by atoms with Crippen LogP contribution in [0.25, 0.3) is 0 Å². The van der Waals surface area contributed by atoms with Crippen LogP contribution >= 0.6 is 34.8 Å². The van der Waals surface area contributed by atoms with Gasteiger partial charge in [-0.1, -0.05) is 53.0 Å². The Bertz CT molecular complexity index is 925. The number of halogens is 3. The minimum atomic E-state index is -3.79. The molecule has 1 N–H and O–H groups in total. The van der Waals surface area contributed by atoms with E-state index >= 15 is 0 Å². The molecule has 2 aromatic carbocycles. The molecule has 2 rings (SSSR count). The highest BCUT2D eigenvalue weighted by Gasteiger charge is 2.17. The first-order valence-corrected chi connectivity index (χ1v) is 9.52. The standard InChI is InChI=1S/C16H15Cl3N2O2S/c1-9-4-5-10(2)14(8-9)24(22,23)21-20-11(3)12-6-7-13(17)16(19)15(12)18/h4-8,21H,1-3H3. The predicted molar refractivity (Wildman–Crippen MR) is 99.9 cm³/mol. The van der Waals surface area contributed by atoms with E-state index in [1.54, 1.807) is 38.1 Å². The van der Waals surface area contributed by atoms with Gasteiger partial charge in [0.05, 0.1) is 25.7 Å². The molecule has 2 aromatic rings. The second kappa shape index (κ2) is 7.31. The molecular weight excluding hydrogens is 391 g/mol. The van der Waals surface area contributed by atoms with E-state index in [-0.39, 0.29) is 14.9 Å². The van der Waals surface area contributed by atoms with Crippen molar-refractivity contribution in [2.45, 2.75) is 25.7 Å². The van der Waals surface area contributed by atoms with Crippen LogP contribution in [0.15, 0.2) is 40.3 Å². The Morgan fingerprint density at radius 2 is 1.71 bits per heavy atom. The number of hydrazone groups is 1. The topological polar surface area (TPSA) is 58.5 Å². The molecule has 0 aliphatic carbocycles. The molecule has 0 fully saturated rings. The fraction of sp³-hybridized carbons (Fsp3) is 0.188. The highest BCUT2D eigenvalue weighted by molar-refractivity contribution is 7.89. The van der Waals surface area contributed by atoms with Crippen molar-refractivity contribution in [1.82, 2.24) is 4.83 Å². The van der Waals surface area contributed by atoms with Crippen molar-refractivity contribution >= 4 is 50.5 Å². The molecule has 0 radical (unpaired) electrons. The number of rotatable bonds is 4. The van der Waals surface area contributed by atoms with Crippen LogP contribution in [0.4, 0.5) is 0 Å². The summed E-state index contributed by atoms with van der Waals surface area (Å²) in [5.41, 5.74) is 2.34. The van der Waals surface area contributed by atoms with Gasteiger partial charge in [-0.15, -0.1) is 0 Å². The lowest BCUT2D eigenvalue weighted by Gasteiger charge is -2.10. The summed E-state index contributed by atoms with van der Waals surface area (Å²) in [6.45, 7) is 5.17. The zero-order valence-electron chi connectivity index (χ0n) is 13.2. The highest BCUT2D eigenvalue weighted by Crippen LogP contribution is 2.32. The lowest BCUT2D eigenvalue weighted by Crippen LogP contribution is -2.21. The van der Waals surface area contributed by atoms with Crippen molar-refractivity contribution in [1.29, 1.82) is 0 Å². The van der Waals surface area contributed by atoms with Gasteiger partial charge in [-0.25, -0.2) is 0 Å². The van der Waals surface area contributed by atoms with Crippen LogP contribution in [0, 0.1) is 13.8 Å². The Hall–Kier alpha value is -1.27. The number of hydrogen-bond donors (Lipinski definition) is 1. The first-order chi connectivity index (χ1) is 11.1. The number of sulfonamides is 1. The Morgan fingerprint density at radius 3 is 2.38 bits per heavy atom. The van der Waals surface area contributed by atoms with E-state index in [2.05, 4.69) is 9.93 Å². The molecular formula is C16H15Cl3N2O2S. The fourth-order valence-electron chi connectivity index (χ4n) is 2.04. The Labute approximate surface area is 156 Å². The van der Waals surface area contributed by atoms with Gasteiger partial charge in [-0.3, -0.25) is 0 Å². The van der Waals surface area contributed by atoms with Gasteiger partial charge >= 0.3 is 0 Å². The van der Waals surface area contributed by atoms with Crippen LogP contribution in [0.2, 0.25) is 15.1 Å². The maximum atomic E-state index is 12.4. The van der Waals surface area contributed by atoms with Crippen molar-refractivity contribution in [3.05, 3.63) is 62.1 Å². The zero-order valence-corrected chi connectivity index (χ0v) is 16.3. The number of aryl methyl sites for hydroxylation is 2. The summed E-state index contributed by atoms with van der Waals surface area (Å²) in [6, 6.07) is 8.38. The fourth-order valence-corrected chi connectivity index (χ4v) is 3.90. The summed E-state index contributed by atoms with van der Waals surface area (Å²) >= 11 is 18.0. The molecule has 0 amide bonds. The molecule has 128 valence electrons. The maximum Gasteiger partial charge on any atom is 0.276 e. The number of nitrogens with zero attached hydrogens (tertiary/aromatic N) is 1. The van der Waals surface area contributed by atoms with E-state index < -0.39 is 10.0 Å². The van der Waals surface area contributed by atoms with Gasteiger partial charge in [-0.2, -0.15) is 18.4 Å². The first-order valence-electron chi connectivity index (χ1n) is 6.90. The second-order valence-electron chi connectivity index (χ2n) is 5.28. The molecule has 0 saturated carbocycles. The van der Waals surface area contributed by atoms with Gasteiger partial charge < -0.3 is 0 Å². The molecule has 8 heteroatoms. The van der Waals surface area contributed by atoms with Gasteiger partial charge in [0.1, 0.15) is 0 Å². The third-order valence-corrected chi connectivity index (χ3v) is 6.04. The lowest BCUT2D eigenvalue weighted by atomic mass is 10.1. The van der Waals surface area contributed by atoms with Gasteiger partial charge in [0, 0.05) is 5.56 Å². The van der Waals surface area contributed by atoms with Crippen LogP contribution in [0.3, 0.4) is 0 Å². The molecule has 0 aliphatic rings. The first kappa shape index (κ1) is 19.1. The largest absolute Gasteiger partial charge is 0.276 e. The average Bonchev–Trinajstić information content (AvgIpc) is 2.53. The predicted octanol–water partition coefficient (Wildman–Crippen LogP) is 4.97. The molecule has 0 atom stereocenters. The molecule has 4 nitrogen and oxygen atoms in total. The third kappa shape index (κ3) is 4.03. The molecule has 0 heterocycles. The summed E-state index contributed by atoms with van der Waals surface area (Å²) < 4.78 is 24.9. The van der Waals surface area contributed by atoms with Crippen LogP contribution in [-0.4, -0.2) is 14.1 Å². The van der Waals surface area contributed by atoms with Crippen LogP contribution in [0.1, 0.15) is 23.6 Å². The SMILES string of the molecule is CC(=NNS(=O)(=O)c1cc(C)ccc1C)c1ccc(Cl)c(Cl)c1Cl. The normalized spacial score (nSPS) is 12.3. The van der Waals surface area contributed by atoms with Gasteiger partial charge in [-0.05, 0) is 44.0 Å². The summed E-state index contributed by atoms with van der Waals surface area (Å²) in [6.07, 6.45) is 0. The summed E-state index contributed by atoms with van der Waals surface area (Å²) in [5, 5.41) is 4.67. The number of benzene rings is 2. The monoisotopic (exact) mass is 404 g/mol. The summed E-state index contributed by atoms with van der Waals surface area (Å²) in [4.78, 5) is 2.41. The Kier molecular flexibility index (Phi) is 5.81. The number of hydrogen-bond acceptors (Lipinski definition) is 3. The summed E-state index contributed by atoms with van der Waals surface area (Å²) in [7, 11) is -3.79. The molecule has 24 heavy (non-hydrogen) atoms. The van der Waals surface area contributed by atoms with E-state index in [1.165, 1.54) is 0 Å². The lowest BCUT2D eigenvalue weighted by molar-refractivity contribution is 0.583. The van der Waals surface area contributed by atoms with Crippen molar-refractivity contribution < 1.29 is 8.42 Å². The van der Waals surface area contributed by atoms with E-state index in [0.29, 0.717) is 21.9 Å². The summed E-state index contributed by atoms with van der Waals surface area (Å²) in [5.74, 6) is 0. The quantitative estimate of drug-likeness (QED) is 0.444. The van der Waals surface area contributed by atoms with Gasteiger partial charge in [0.15, 0.2) is 0 Å². The Balaban J connectivity index is 2.36. The van der Waals surface area contributed by atoms with Crippen LogP contribution in [-0.2, 0) is 10.0 Å². The number of nitrogens with one attached hydrogen (secondary N) is 1. The van der Waals surface area contributed by atoms with Crippen molar-refractivity contribution in [2.24, 2.45) is 5.10 Å². The highest BCUT2D eigenvalue weighted by atomic mass is 35.5.